The fourth-order valence-electron chi connectivity index (χ4n) is 1.46. The lowest BCUT2D eigenvalue weighted by molar-refractivity contribution is -0.274. The van der Waals surface area contributed by atoms with Crippen LogP contribution in [0.15, 0.2) is 18.2 Å². The molecule has 0 heterocycles. The summed E-state index contributed by atoms with van der Waals surface area (Å²) in [6.45, 7) is 1.95. The standard InChI is InChI=1S/C11H14F3NO/c1-4-8-5-6-9(16-11(12,13)14)7-10(8)15(2)3/h5-7H,4H2,1-3H3. The van der Waals surface area contributed by atoms with Crippen LogP contribution in [-0.2, 0) is 6.42 Å². The Morgan fingerprint density at radius 2 is 1.88 bits per heavy atom. The van der Waals surface area contributed by atoms with Crippen LogP contribution in [0.1, 0.15) is 12.5 Å². The Bertz CT molecular complexity index is 361. The summed E-state index contributed by atoms with van der Waals surface area (Å²) in [5, 5.41) is 0. The van der Waals surface area contributed by atoms with E-state index >= 15 is 0 Å². The van der Waals surface area contributed by atoms with Gasteiger partial charge in [-0.15, -0.1) is 13.2 Å². The van der Waals surface area contributed by atoms with Gasteiger partial charge in [0.15, 0.2) is 0 Å². The Hall–Kier alpha value is -1.39. The highest BCUT2D eigenvalue weighted by Gasteiger charge is 2.31. The van der Waals surface area contributed by atoms with E-state index in [4.69, 9.17) is 0 Å². The predicted octanol–water partition coefficient (Wildman–Crippen LogP) is 3.21. The Labute approximate surface area is 92.6 Å². The van der Waals surface area contributed by atoms with Crippen molar-refractivity contribution in [1.82, 2.24) is 0 Å². The van der Waals surface area contributed by atoms with Gasteiger partial charge in [0.05, 0.1) is 0 Å². The number of nitrogens with zero attached hydrogens (tertiary/aromatic N) is 1. The second-order valence-electron chi connectivity index (χ2n) is 3.59. The number of halogens is 3. The minimum atomic E-state index is -4.64. The largest absolute Gasteiger partial charge is 0.573 e. The first-order valence-corrected chi connectivity index (χ1v) is 4.89. The summed E-state index contributed by atoms with van der Waals surface area (Å²) in [5.74, 6) is -0.187. The van der Waals surface area contributed by atoms with Crippen LogP contribution in [0.4, 0.5) is 18.9 Å². The molecule has 2 nitrogen and oxygen atoms in total. The van der Waals surface area contributed by atoms with Crippen LogP contribution in [-0.4, -0.2) is 20.5 Å². The van der Waals surface area contributed by atoms with Gasteiger partial charge in [-0.2, -0.15) is 0 Å². The van der Waals surface area contributed by atoms with E-state index in [1.807, 2.05) is 6.92 Å². The number of hydrogen-bond donors (Lipinski definition) is 0. The van der Waals surface area contributed by atoms with Crippen molar-refractivity contribution in [2.24, 2.45) is 0 Å². The van der Waals surface area contributed by atoms with Crippen LogP contribution in [0.5, 0.6) is 5.75 Å². The summed E-state index contributed by atoms with van der Waals surface area (Å²) in [6.07, 6.45) is -3.88. The van der Waals surface area contributed by atoms with Crippen molar-refractivity contribution in [1.29, 1.82) is 0 Å². The summed E-state index contributed by atoms with van der Waals surface area (Å²) in [6, 6.07) is 4.38. The molecule has 0 aliphatic heterocycles. The minimum Gasteiger partial charge on any atom is -0.406 e. The number of alkyl halides is 3. The van der Waals surface area contributed by atoms with Gasteiger partial charge in [-0.1, -0.05) is 13.0 Å². The molecule has 1 rings (SSSR count). The molecule has 5 heteroatoms. The van der Waals surface area contributed by atoms with Crippen molar-refractivity contribution in [2.75, 3.05) is 19.0 Å². The Balaban J connectivity index is 3.02. The summed E-state index contributed by atoms with van der Waals surface area (Å²) in [7, 11) is 3.57. The topological polar surface area (TPSA) is 12.5 Å². The van der Waals surface area contributed by atoms with Gasteiger partial charge in [-0.3, -0.25) is 0 Å². The lowest BCUT2D eigenvalue weighted by Gasteiger charge is -2.18. The maximum absolute atomic E-state index is 12.0. The van der Waals surface area contributed by atoms with Crippen LogP contribution in [0.25, 0.3) is 0 Å². The third-order valence-electron chi connectivity index (χ3n) is 2.15. The zero-order valence-electron chi connectivity index (χ0n) is 9.43. The number of aryl methyl sites for hydroxylation is 1. The van der Waals surface area contributed by atoms with Crippen molar-refractivity contribution in [3.05, 3.63) is 23.8 Å². The summed E-state index contributed by atoms with van der Waals surface area (Å²) < 4.78 is 39.9. The molecule has 0 aliphatic rings. The van der Waals surface area contributed by atoms with Crippen LogP contribution < -0.4 is 9.64 Å². The van der Waals surface area contributed by atoms with E-state index in [1.165, 1.54) is 12.1 Å². The number of anilines is 1. The highest BCUT2D eigenvalue weighted by atomic mass is 19.4. The average molecular weight is 233 g/mol. The maximum atomic E-state index is 12.0. The molecule has 16 heavy (non-hydrogen) atoms. The molecule has 0 radical (unpaired) electrons. The molecule has 0 fully saturated rings. The molecule has 90 valence electrons. The Morgan fingerprint density at radius 1 is 1.25 bits per heavy atom. The van der Waals surface area contributed by atoms with Crippen molar-refractivity contribution < 1.29 is 17.9 Å². The number of rotatable bonds is 3. The van der Waals surface area contributed by atoms with E-state index in [2.05, 4.69) is 4.74 Å². The minimum absolute atomic E-state index is 0.187. The zero-order chi connectivity index (χ0) is 12.3. The van der Waals surface area contributed by atoms with E-state index in [0.29, 0.717) is 0 Å². The molecule has 0 atom stereocenters. The zero-order valence-corrected chi connectivity index (χ0v) is 9.43. The highest BCUT2D eigenvalue weighted by Crippen LogP contribution is 2.29. The van der Waals surface area contributed by atoms with Crippen molar-refractivity contribution in [3.8, 4) is 5.75 Å². The smallest absolute Gasteiger partial charge is 0.406 e. The molecule has 0 spiro atoms. The first-order valence-electron chi connectivity index (χ1n) is 4.89. The number of ether oxygens (including phenoxy) is 1. The molecule has 0 aromatic heterocycles. The second kappa shape index (κ2) is 4.63. The molecular weight excluding hydrogens is 219 g/mol. The number of benzene rings is 1. The molecule has 0 saturated carbocycles. The second-order valence-corrected chi connectivity index (χ2v) is 3.59. The van der Waals surface area contributed by atoms with Crippen LogP contribution in [0.2, 0.25) is 0 Å². The molecule has 0 unspecified atom stereocenters. The monoisotopic (exact) mass is 233 g/mol. The van der Waals surface area contributed by atoms with Gasteiger partial charge in [0.25, 0.3) is 0 Å². The lowest BCUT2D eigenvalue weighted by atomic mass is 10.1. The van der Waals surface area contributed by atoms with Gasteiger partial charge >= 0.3 is 6.36 Å². The predicted molar refractivity (Wildman–Crippen MR) is 56.8 cm³/mol. The van der Waals surface area contributed by atoms with Crippen LogP contribution in [0, 0.1) is 0 Å². The molecule has 0 bridgehead atoms. The summed E-state index contributed by atoms with van der Waals surface area (Å²) in [5.41, 5.74) is 1.73. The van der Waals surface area contributed by atoms with Crippen molar-refractivity contribution in [3.63, 3.8) is 0 Å². The van der Waals surface area contributed by atoms with E-state index in [0.717, 1.165) is 17.7 Å². The Morgan fingerprint density at radius 3 is 2.31 bits per heavy atom. The summed E-state index contributed by atoms with van der Waals surface area (Å²) in [4.78, 5) is 1.77. The average Bonchev–Trinajstić information content (AvgIpc) is 2.15. The van der Waals surface area contributed by atoms with E-state index in [-0.39, 0.29) is 5.75 Å². The quantitative estimate of drug-likeness (QED) is 0.794. The van der Waals surface area contributed by atoms with Gasteiger partial charge in [-0.25, -0.2) is 0 Å². The molecular formula is C11H14F3NO. The van der Waals surface area contributed by atoms with Crippen LogP contribution >= 0.6 is 0 Å². The van der Waals surface area contributed by atoms with Gasteiger partial charge < -0.3 is 9.64 Å². The third-order valence-corrected chi connectivity index (χ3v) is 2.15. The van der Waals surface area contributed by atoms with Gasteiger partial charge in [-0.05, 0) is 18.1 Å². The first-order chi connectivity index (χ1) is 7.33. The van der Waals surface area contributed by atoms with Gasteiger partial charge in [0.2, 0.25) is 0 Å². The van der Waals surface area contributed by atoms with Gasteiger partial charge in [0.1, 0.15) is 5.75 Å². The maximum Gasteiger partial charge on any atom is 0.573 e. The SMILES string of the molecule is CCc1ccc(OC(F)(F)F)cc1N(C)C. The van der Waals surface area contributed by atoms with E-state index in [9.17, 15) is 13.2 Å². The molecule has 0 aliphatic carbocycles. The van der Waals surface area contributed by atoms with Crippen LogP contribution in [0.3, 0.4) is 0 Å². The molecule has 0 amide bonds. The molecule has 1 aromatic carbocycles. The van der Waals surface area contributed by atoms with Crippen molar-refractivity contribution in [2.45, 2.75) is 19.7 Å². The highest BCUT2D eigenvalue weighted by molar-refractivity contribution is 5.56. The summed E-state index contributed by atoms with van der Waals surface area (Å²) >= 11 is 0. The normalized spacial score (nSPS) is 11.4. The van der Waals surface area contributed by atoms with E-state index in [1.54, 1.807) is 25.1 Å². The molecule has 0 N–H and O–H groups in total. The molecule has 0 saturated heterocycles. The fourth-order valence-corrected chi connectivity index (χ4v) is 1.46. The van der Waals surface area contributed by atoms with Gasteiger partial charge in [0, 0.05) is 25.8 Å². The Kier molecular flexibility index (Phi) is 3.67. The lowest BCUT2D eigenvalue weighted by Crippen LogP contribution is -2.18. The number of hydrogen-bond acceptors (Lipinski definition) is 2. The first kappa shape index (κ1) is 12.7. The fraction of sp³-hybridized carbons (Fsp3) is 0.455. The molecule has 1 aromatic rings. The third kappa shape index (κ3) is 3.32. The van der Waals surface area contributed by atoms with Crippen molar-refractivity contribution >= 4 is 5.69 Å². The van der Waals surface area contributed by atoms with E-state index < -0.39 is 6.36 Å².